The molecule has 0 bridgehead atoms. The summed E-state index contributed by atoms with van der Waals surface area (Å²) < 4.78 is 12.0. The van der Waals surface area contributed by atoms with Gasteiger partial charge in [-0.1, -0.05) is 25.7 Å². The van der Waals surface area contributed by atoms with Crippen LogP contribution >= 0.6 is 0 Å². The van der Waals surface area contributed by atoms with E-state index in [1.54, 1.807) is 0 Å². The SMILES string of the molecule is O=C(NC[C@H]1COC2(CCCCC2)O1)C1CCCCC1. The molecule has 4 heteroatoms. The molecule has 3 aliphatic rings. The zero-order valence-corrected chi connectivity index (χ0v) is 12.4. The van der Waals surface area contributed by atoms with Crippen LogP contribution < -0.4 is 5.32 Å². The molecule has 0 aromatic rings. The van der Waals surface area contributed by atoms with Crippen molar-refractivity contribution in [1.29, 1.82) is 0 Å². The molecule has 1 N–H and O–H groups in total. The van der Waals surface area contributed by atoms with E-state index >= 15 is 0 Å². The Hall–Kier alpha value is -0.610. The molecule has 1 saturated heterocycles. The van der Waals surface area contributed by atoms with Gasteiger partial charge in [-0.3, -0.25) is 4.79 Å². The van der Waals surface area contributed by atoms with Crippen LogP contribution in [-0.2, 0) is 14.3 Å². The molecule has 1 atom stereocenters. The second kappa shape index (κ2) is 6.44. The van der Waals surface area contributed by atoms with Crippen molar-refractivity contribution in [2.24, 2.45) is 5.92 Å². The largest absolute Gasteiger partial charge is 0.353 e. The first kappa shape index (κ1) is 14.3. The third kappa shape index (κ3) is 3.34. The lowest BCUT2D eigenvalue weighted by molar-refractivity contribution is -0.186. The van der Waals surface area contributed by atoms with E-state index in [1.165, 1.54) is 38.5 Å². The van der Waals surface area contributed by atoms with Gasteiger partial charge in [0.25, 0.3) is 0 Å². The first-order valence-electron chi connectivity index (χ1n) is 8.37. The van der Waals surface area contributed by atoms with Crippen molar-refractivity contribution < 1.29 is 14.3 Å². The molecule has 2 aliphatic carbocycles. The van der Waals surface area contributed by atoms with Crippen LogP contribution in [0.5, 0.6) is 0 Å². The summed E-state index contributed by atoms with van der Waals surface area (Å²) >= 11 is 0. The molecule has 3 fully saturated rings. The van der Waals surface area contributed by atoms with Crippen LogP contribution in [0.1, 0.15) is 64.2 Å². The summed E-state index contributed by atoms with van der Waals surface area (Å²) in [6.07, 6.45) is 11.5. The van der Waals surface area contributed by atoms with Crippen LogP contribution in [0.2, 0.25) is 0 Å². The monoisotopic (exact) mass is 281 g/mol. The van der Waals surface area contributed by atoms with Crippen molar-refractivity contribution in [3.63, 3.8) is 0 Å². The molecule has 4 nitrogen and oxygen atoms in total. The van der Waals surface area contributed by atoms with Crippen molar-refractivity contribution in [2.45, 2.75) is 76.1 Å². The predicted octanol–water partition coefficient (Wildman–Crippen LogP) is 2.76. The van der Waals surface area contributed by atoms with E-state index in [0.717, 1.165) is 25.7 Å². The molecule has 0 unspecified atom stereocenters. The smallest absolute Gasteiger partial charge is 0.223 e. The summed E-state index contributed by atoms with van der Waals surface area (Å²) in [4.78, 5) is 12.1. The number of amides is 1. The molecular weight excluding hydrogens is 254 g/mol. The Morgan fingerprint density at radius 3 is 2.50 bits per heavy atom. The highest BCUT2D eigenvalue weighted by Gasteiger charge is 2.42. The second-order valence-corrected chi connectivity index (χ2v) is 6.60. The zero-order chi connectivity index (χ0) is 13.8. The molecule has 3 rings (SSSR count). The van der Waals surface area contributed by atoms with E-state index in [9.17, 15) is 4.79 Å². The Balaban J connectivity index is 1.41. The maximum absolute atomic E-state index is 12.1. The number of hydrogen-bond donors (Lipinski definition) is 1. The molecular formula is C16H27NO3. The highest BCUT2D eigenvalue weighted by molar-refractivity contribution is 5.78. The van der Waals surface area contributed by atoms with Gasteiger partial charge in [-0.05, 0) is 25.7 Å². The topological polar surface area (TPSA) is 47.6 Å². The van der Waals surface area contributed by atoms with Gasteiger partial charge in [0.15, 0.2) is 5.79 Å². The van der Waals surface area contributed by atoms with Crippen molar-refractivity contribution in [2.75, 3.05) is 13.2 Å². The van der Waals surface area contributed by atoms with Crippen LogP contribution in [0, 0.1) is 5.92 Å². The third-order valence-corrected chi connectivity index (χ3v) is 5.01. The van der Waals surface area contributed by atoms with Gasteiger partial charge in [0.2, 0.25) is 5.91 Å². The highest BCUT2D eigenvalue weighted by Crippen LogP contribution is 2.37. The first-order chi connectivity index (χ1) is 9.77. The minimum absolute atomic E-state index is 0.0423. The summed E-state index contributed by atoms with van der Waals surface area (Å²) in [7, 11) is 0. The normalized spacial score (nSPS) is 30.5. The maximum Gasteiger partial charge on any atom is 0.223 e. The molecule has 114 valence electrons. The van der Waals surface area contributed by atoms with Crippen molar-refractivity contribution in [3.8, 4) is 0 Å². The molecule has 1 aliphatic heterocycles. The van der Waals surface area contributed by atoms with E-state index in [0.29, 0.717) is 13.2 Å². The zero-order valence-electron chi connectivity index (χ0n) is 12.4. The van der Waals surface area contributed by atoms with Crippen LogP contribution in [0.25, 0.3) is 0 Å². The molecule has 1 heterocycles. The van der Waals surface area contributed by atoms with Crippen LogP contribution in [-0.4, -0.2) is 30.9 Å². The Morgan fingerprint density at radius 2 is 1.75 bits per heavy atom. The summed E-state index contributed by atoms with van der Waals surface area (Å²) in [5, 5.41) is 3.07. The fourth-order valence-corrected chi connectivity index (χ4v) is 3.79. The average Bonchev–Trinajstić information content (AvgIpc) is 2.89. The van der Waals surface area contributed by atoms with Gasteiger partial charge in [0, 0.05) is 25.3 Å². The van der Waals surface area contributed by atoms with E-state index < -0.39 is 0 Å². The minimum atomic E-state index is -0.321. The fraction of sp³-hybridized carbons (Fsp3) is 0.938. The van der Waals surface area contributed by atoms with Gasteiger partial charge < -0.3 is 14.8 Å². The molecule has 0 aromatic carbocycles. The summed E-state index contributed by atoms with van der Waals surface area (Å²) in [6, 6.07) is 0. The Bertz CT molecular complexity index is 333. The number of ether oxygens (including phenoxy) is 2. The van der Waals surface area contributed by atoms with E-state index in [2.05, 4.69) is 5.32 Å². The molecule has 0 aromatic heterocycles. The molecule has 2 saturated carbocycles. The number of rotatable bonds is 3. The summed E-state index contributed by atoms with van der Waals surface area (Å²) in [5.41, 5.74) is 0. The number of carbonyl (C=O) groups is 1. The minimum Gasteiger partial charge on any atom is -0.353 e. The van der Waals surface area contributed by atoms with E-state index in [4.69, 9.17) is 9.47 Å². The lowest BCUT2D eigenvalue weighted by Gasteiger charge is -2.31. The van der Waals surface area contributed by atoms with Crippen molar-refractivity contribution in [3.05, 3.63) is 0 Å². The van der Waals surface area contributed by atoms with Gasteiger partial charge in [0.05, 0.1) is 6.61 Å². The predicted molar refractivity (Wildman–Crippen MR) is 76.2 cm³/mol. The van der Waals surface area contributed by atoms with Crippen LogP contribution in [0.3, 0.4) is 0 Å². The molecule has 20 heavy (non-hydrogen) atoms. The first-order valence-corrected chi connectivity index (χ1v) is 8.37. The lowest BCUT2D eigenvalue weighted by Crippen LogP contribution is -2.39. The Kier molecular flexibility index (Phi) is 4.61. The Labute approximate surface area is 121 Å². The van der Waals surface area contributed by atoms with Crippen LogP contribution in [0.4, 0.5) is 0 Å². The summed E-state index contributed by atoms with van der Waals surface area (Å²) in [5.74, 6) is 0.131. The van der Waals surface area contributed by atoms with E-state index in [1.807, 2.05) is 0 Å². The van der Waals surface area contributed by atoms with Gasteiger partial charge in [0.1, 0.15) is 6.10 Å². The third-order valence-electron chi connectivity index (χ3n) is 5.01. The van der Waals surface area contributed by atoms with Gasteiger partial charge >= 0.3 is 0 Å². The Morgan fingerprint density at radius 1 is 1.05 bits per heavy atom. The highest BCUT2D eigenvalue weighted by atomic mass is 16.7. The van der Waals surface area contributed by atoms with Crippen molar-refractivity contribution in [1.82, 2.24) is 5.32 Å². The second-order valence-electron chi connectivity index (χ2n) is 6.60. The van der Waals surface area contributed by atoms with E-state index in [-0.39, 0.29) is 23.7 Å². The number of nitrogens with one attached hydrogen (secondary N) is 1. The average molecular weight is 281 g/mol. The fourth-order valence-electron chi connectivity index (χ4n) is 3.79. The molecule has 1 amide bonds. The number of hydrogen-bond acceptors (Lipinski definition) is 3. The van der Waals surface area contributed by atoms with Crippen molar-refractivity contribution >= 4 is 5.91 Å². The quantitative estimate of drug-likeness (QED) is 0.865. The maximum atomic E-state index is 12.1. The number of carbonyl (C=O) groups excluding carboxylic acids is 1. The summed E-state index contributed by atoms with van der Waals surface area (Å²) in [6.45, 7) is 1.24. The lowest BCUT2D eigenvalue weighted by atomic mass is 9.88. The molecule has 0 radical (unpaired) electrons. The van der Waals surface area contributed by atoms with Gasteiger partial charge in [-0.25, -0.2) is 0 Å². The van der Waals surface area contributed by atoms with Gasteiger partial charge in [-0.15, -0.1) is 0 Å². The van der Waals surface area contributed by atoms with Crippen LogP contribution in [0.15, 0.2) is 0 Å². The molecule has 1 spiro atoms. The standard InChI is InChI=1S/C16H27NO3/c18-15(13-7-3-1-4-8-13)17-11-14-12-19-16(20-14)9-5-2-6-10-16/h13-14H,1-12H2,(H,17,18)/t14-/m0/s1. The van der Waals surface area contributed by atoms with Gasteiger partial charge in [-0.2, -0.15) is 0 Å².